The molecule has 0 amide bonds. The SMILES string of the molecule is CCOC(=O)C1=C(c2ccccc2)N=c2s/c(=C\c3ccc(C(C)C)cc3)c(=O)n2C1c1ccc(SC)cc1. The number of aromatic nitrogens is 1. The van der Waals surface area contributed by atoms with Gasteiger partial charge in [-0.1, -0.05) is 91.9 Å². The van der Waals surface area contributed by atoms with Crippen LogP contribution in [0.5, 0.6) is 0 Å². The number of benzene rings is 3. The van der Waals surface area contributed by atoms with Crippen molar-refractivity contribution in [3.63, 3.8) is 0 Å². The summed E-state index contributed by atoms with van der Waals surface area (Å²) in [5.41, 5.74) is 4.52. The lowest BCUT2D eigenvalue weighted by Crippen LogP contribution is -2.40. The summed E-state index contributed by atoms with van der Waals surface area (Å²) in [6.07, 6.45) is 3.92. The molecule has 0 fully saturated rings. The molecule has 0 N–H and O–H groups in total. The number of ether oxygens (including phenoxy) is 1. The van der Waals surface area contributed by atoms with Gasteiger partial charge in [0.25, 0.3) is 5.56 Å². The van der Waals surface area contributed by atoms with Crippen LogP contribution in [0.2, 0.25) is 0 Å². The van der Waals surface area contributed by atoms with E-state index in [-0.39, 0.29) is 12.2 Å². The Morgan fingerprint density at radius 1 is 1.05 bits per heavy atom. The Morgan fingerprint density at radius 3 is 2.36 bits per heavy atom. The van der Waals surface area contributed by atoms with Crippen LogP contribution >= 0.6 is 23.1 Å². The molecule has 2 heterocycles. The summed E-state index contributed by atoms with van der Waals surface area (Å²) in [5, 5.41) is 0. The number of nitrogens with zero attached hydrogens (tertiary/aromatic N) is 2. The van der Waals surface area contributed by atoms with Gasteiger partial charge in [-0.15, -0.1) is 11.8 Å². The number of thiazole rings is 1. The Morgan fingerprint density at radius 2 is 1.74 bits per heavy atom. The zero-order valence-corrected chi connectivity index (χ0v) is 24.0. The van der Waals surface area contributed by atoms with Crippen molar-refractivity contribution in [3.05, 3.63) is 126 Å². The number of carbonyl (C=O) groups excluding carboxylic acids is 1. The number of thioether (sulfide) groups is 1. The van der Waals surface area contributed by atoms with Crippen LogP contribution in [0.3, 0.4) is 0 Å². The molecule has 0 radical (unpaired) electrons. The van der Waals surface area contributed by atoms with Gasteiger partial charge in [-0.05, 0) is 54.0 Å². The van der Waals surface area contributed by atoms with Gasteiger partial charge in [0.05, 0.1) is 28.5 Å². The van der Waals surface area contributed by atoms with Crippen molar-refractivity contribution in [3.8, 4) is 0 Å². The molecule has 198 valence electrons. The molecule has 1 aliphatic rings. The molecule has 0 saturated carbocycles. The fraction of sp³-hybridized carbons (Fsp3) is 0.219. The van der Waals surface area contributed by atoms with Crippen LogP contribution in [-0.4, -0.2) is 23.4 Å². The summed E-state index contributed by atoms with van der Waals surface area (Å²) < 4.78 is 7.75. The monoisotopic (exact) mass is 554 g/mol. The number of hydrogen-bond donors (Lipinski definition) is 0. The van der Waals surface area contributed by atoms with Crippen LogP contribution in [0.25, 0.3) is 11.8 Å². The van der Waals surface area contributed by atoms with Crippen molar-refractivity contribution in [2.24, 2.45) is 4.99 Å². The van der Waals surface area contributed by atoms with Crippen LogP contribution in [0, 0.1) is 0 Å². The number of esters is 1. The highest BCUT2D eigenvalue weighted by atomic mass is 32.2. The van der Waals surface area contributed by atoms with E-state index < -0.39 is 12.0 Å². The molecule has 3 aromatic carbocycles. The summed E-state index contributed by atoms with van der Waals surface area (Å²) in [4.78, 5) is 34.1. The van der Waals surface area contributed by atoms with Crippen LogP contribution in [-0.2, 0) is 9.53 Å². The maximum atomic E-state index is 14.0. The summed E-state index contributed by atoms with van der Waals surface area (Å²) in [7, 11) is 0. The topological polar surface area (TPSA) is 60.7 Å². The van der Waals surface area contributed by atoms with E-state index in [1.807, 2.05) is 79.1 Å². The van der Waals surface area contributed by atoms with E-state index in [0.717, 1.165) is 21.6 Å². The quantitative estimate of drug-likeness (QED) is 0.215. The first-order valence-corrected chi connectivity index (χ1v) is 15.0. The Bertz CT molecular complexity index is 1700. The van der Waals surface area contributed by atoms with Crippen LogP contribution in [0.1, 0.15) is 55.0 Å². The van der Waals surface area contributed by atoms with Crippen LogP contribution < -0.4 is 14.9 Å². The smallest absolute Gasteiger partial charge is 0.338 e. The van der Waals surface area contributed by atoms with Crippen molar-refractivity contribution < 1.29 is 9.53 Å². The summed E-state index contributed by atoms with van der Waals surface area (Å²) in [5.74, 6) is -0.0443. The zero-order valence-electron chi connectivity index (χ0n) is 22.4. The van der Waals surface area contributed by atoms with E-state index >= 15 is 0 Å². The first-order valence-electron chi connectivity index (χ1n) is 12.9. The van der Waals surface area contributed by atoms with Gasteiger partial charge in [-0.3, -0.25) is 9.36 Å². The molecular weight excluding hydrogens is 524 g/mol. The predicted octanol–water partition coefficient (Wildman–Crippen LogP) is 5.78. The maximum absolute atomic E-state index is 14.0. The molecule has 5 rings (SSSR count). The average Bonchev–Trinajstić information content (AvgIpc) is 3.27. The Kier molecular flexibility index (Phi) is 8.00. The van der Waals surface area contributed by atoms with Gasteiger partial charge in [-0.2, -0.15) is 0 Å². The minimum Gasteiger partial charge on any atom is -0.463 e. The molecule has 1 unspecified atom stereocenters. The summed E-state index contributed by atoms with van der Waals surface area (Å²) in [6, 6.07) is 25.2. The van der Waals surface area contributed by atoms with Crippen molar-refractivity contribution in [1.82, 2.24) is 4.57 Å². The van der Waals surface area contributed by atoms with E-state index in [2.05, 4.69) is 26.0 Å². The number of carbonyl (C=O) groups is 1. The molecule has 5 nitrogen and oxygen atoms in total. The molecule has 39 heavy (non-hydrogen) atoms. The van der Waals surface area contributed by atoms with Crippen molar-refractivity contribution in [2.45, 2.75) is 37.6 Å². The largest absolute Gasteiger partial charge is 0.463 e. The fourth-order valence-corrected chi connectivity index (χ4v) is 6.08. The maximum Gasteiger partial charge on any atom is 0.338 e. The van der Waals surface area contributed by atoms with Crippen molar-refractivity contribution >= 4 is 40.8 Å². The minimum absolute atomic E-state index is 0.181. The van der Waals surface area contributed by atoms with E-state index in [1.54, 1.807) is 23.3 Å². The molecule has 0 spiro atoms. The first-order chi connectivity index (χ1) is 18.9. The van der Waals surface area contributed by atoms with Gasteiger partial charge in [0.2, 0.25) is 0 Å². The van der Waals surface area contributed by atoms with E-state index in [9.17, 15) is 9.59 Å². The standard InChI is InChI=1S/C32H30N2O3S2/c1-5-37-31(36)27-28(23-9-7-6-8-10-23)33-32-34(29(27)24-15-17-25(38-4)18-16-24)30(35)26(39-32)19-21-11-13-22(14-12-21)20(2)3/h6-20,29H,5H2,1-4H3/b26-19-. The van der Waals surface area contributed by atoms with Gasteiger partial charge < -0.3 is 4.74 Å². The number of rotatable bonds is 7. The van der Waals surface area contributed by atoms with E-state index in [1.165, 1.54) is 16.9 Å². The highest BCUT2D eigenvalue weighted by Crippen LogP contribution is 2.35. The highest BCUT2D eigenvalue weighted by molar-refractivity contribution is 7.98. The van der Waals surface area contributed by atoms with Gasteiger partial charge >= 0.3 is 5.97 Å². The van der Waals surface area contributed by atoms with Crippen LogP contribution in [0.4, 0.5) is 0 Å². The summed E-state index contributed by atoms with van der Waals surface area (Å²) >= 11 is 2.98. The normalized spacial score (nSPS) is 15.3. The van der Waals surface area contributed by atoms with Gasteiger partial charge in [0.15, 0.2) is 4.80 Å². The predicted molar refractivity (Wildman–Crippen MR) is 160 cm³/mol. The lowest BCUT2D eigenvalue weighted by atomic mass is 9.93. The molecule has 1 atom stereocenters. The molecule has 0 bridgehead atoms. The van der Waals surface area contributed by atoms with Gasteiger partial charge in [0.1, 0.15) is 0 Å². The second-order valence-electron chi connectivity index (χ2n) is 9.53. The third kappa shape index (κ3) is 5.42. The minimum atomic E-state index is -0.670. The molecule has 4 aromatic rings. The molecule has 0 aliphatic carbocycles. The van der Waals surface area contributed by atoms with Crippen molar-refractivity contribution in [2.75, 3.05) is 12.9 Å². The second-order valence-corrected chi connectivity index (χ2v) is 11.4. The lowest BCUT2D eigenvalue weighted by molar-refractivity contribution is -0.138. The molecule has 1 aromatic heterocycles. The Labute approximate surface area is 236 Å². The third-order valence-electron chi connectivity index (χ3n) is 6.71. The fourth-order valence-electron chi connectivity index (χ4n) is 4.67. The van der Waals surface area contributed by atoms with Crippen molar-refractivity contribution in [1.29, 1.82) is 0 Å². The number of hydrogen-bond acceptors (Lipinski definition) is 6. The van der Waals surface area contributed by atoms with E-state index in [4.69, 9.17) is 9.73 Å². The molecule has 1 aliphatic heterocycles. The molecular formula is C32H30N2O3S2. The van der Waals surface area contributed by atoms with E-state index in [0.29, 0.717) is 26.5 Å². The second kappa shape index (κ2) is 11.6. The molecule has 7 heteroatoms. The van der Waals surface area contributed by atoms with Gasteiger partial charge in [0, 0.05) is 10.5 Å². The third-order valence-corrected chi connectivity index (χ3v) is 8.43. The first kappa shape index (κ1) is 26.9. The highest BCUT2D eigenvalue weighted by Gasteiger charge is 2.35. The average molecular weight is 555 g/mol. The Balaban J connectivity index is 1.77. The number of fused-ring (bicyclic) bond motifs is 1. The molecule has 0 saturated heterocycles. The Hall–Kier alpha value is -3.68. The van der Waals surface area contributed by atoms with Gasteiger partial charge in [-0.25, -0.2) is 9.79 Å². The summed E-state index contributed by atoms with van der Waals surface area (Å²) in [6.45, 7) is 6.32. The van der Waals surface area contributed by atoms with Crippen LogP contribution in [0.15, 0.2) is 99.1 Å². The lowest BCUT2D eigenvalue weighted by Gasteiger charge is -2.26. The zero-order chi connectivity index (χ0) is 27.5.